The van der Waals surface area contributed by atoms with Gasteiger partial charge in [0.25, 0.3) is 0 Å². The van der Waals surface area contributed by atoms with Crippen molar-refractivity contribution in [1.82, 2.24) is 4.90 Å². The number of carbonyl (C=O) groups excluding carboxylic acids is 1. The molecule has 5 heteroatoms. The maximum atomic E-state index is 12.6. The molecule has 0 aromatic heterocycles. The van der Waals surface area contributed by atoms with E-state index in [0.29, 0.717) is 25.3 Å². The van der Waals surface area contributed by atoms with Gasteiger partial charge in [0.1, 0.15) is 11.6 Å². The summed E-state index contributed by atoms with van der Waals surface area (Å²) >= 11 is 0. The zero-order valence-corrected chi connectivity index (χ0v) is 10.7. The molecule has 0 spiro atoms. The van der Waals surface area contributed by atoms with Crippen molar-refractivity contribution in [2.24, 2.45) is 5.73 Å². The van der Waals surface area contributed by atoms with E-state index in [1.807, 2.05) is 0 Å². The van der Waals surface area contributed by atoms with Crippen LogP contribution in [0.2, 0.25) is 0 Å². The topological polar surface area (TPSA) is 55.6 Å². The van der Waals surface area contributed by atoms with Gasteiger partial charge in [-0.15, -0.1) is 0 Å². The first-order valence-electron chi connectivity index (χ1n) is 5.89. The molecule has 2 N–H and O–H groups in total. The highest BCUT2D eigenvalue weighted by atomic mass is 19.1. The number of benzene rings is 1. The summed E-state index contributed by atoms with van der Waals surface area (Å²) in [5, 5.41) is 0. The average molecular weight is 254 g/mol. The third-order valence-electron chi connectivity index (χ3n) is 2.49. The Kier molecular flexibility index (Phi) is 5.58. The molecule has 1 aromatic rings. The van der Waals surface area contributed by atoms with E-state index in [1.54, 1.807) is 31.0 Å². The number of nitrogens with zero attached hydrogens (tertiary/aromatic N) is 1. The number of carbonyl (C=O) groups is 1. The van der Waals surface area contributed by atoms with Gasteiger partial charge < -0.3 is 15.4 Å². The quantitative estimate of drug-likeness (QED) is 0.781. The van der Waals surface area contributed by atoms with Crippen molar-refractivity contribution in [3.05, 3.63) is 30.1 Å². The van der Waals surface area contributed by atoms with E-state index in [0.717, 1.165) is 0 Å². The second kappa shape index (κ2) is 6.96. The Morgan fingerprint density at radius 1 is 1.44 bits per heavy atom. The van der Waals surface area contributed by atoms with Crippen LogP contribution in [0, 0.1) is 5.82 Å². The summed E-state index contributed by atoms with van der Waals surface area (Å²) in [7, 11) is 1.71. The van der Waals surface area contributed by atoms with Gasteiger partial charge in [-0.25, -0.2) is 4.39 Å². The molecule has 1 atom stereocenters. The van der Waals surface area contributed by atoms with Gasteiger partial charge in [-0.3, -0.25) is 4.79 Å². The van der Waals surface area contributed by atoms with Crippen molar-refractivity contribution in [3.63, 3.8) is 0 Å². The van der Waals surface area contributed by atoms with Crippen molar-refractivity contribution in [2.75, 3.05) is 20.2 Å². The summed E-state index contributed by atoms with van der Waals surface area (Å²) in [5.74, 6) is 0.249. The zero-order valence-electron chi connectivity index (χ0n) is 10.7. The molecule has 0 bridgehead atoms. The maximum absolute atomic E-state index is 12.6. The molecule has 1 unspecified atom stereocenters. The van der Waals surface area contributed by atoms with E-state index >= 15 is 0 Å². The Hall–Kier alpha value is -1.62. The van der Waals surface area contributed by atoms with Gasteiger partial charge in [-0.1, -0.05) is 0 Å². The van der Waals surface area contributed by atoms with Crippen molar-refractivity contribution in [1.29, 1.82) is 0 Å². The summed E-state index contributed by atoms with van der Waals surface area (Å²) in [5.41, 5.74) is 5.49. The minimum absolute atomic E-state index is 0.0863. The monoisotopic (exact) mass is 254 g/mol. The van der Waals surface area contributed by atoms with E-state index in [-0.39, 0.29) is 11.7 Å². The lowest BCUT2D eigenvalue weighted by Gasteiger charge is -2.19. The van der Waals surface area contributed by atoms with Crippen molar-refractivity contribution in [2.45, 2.75) is 19.4 Å². The number of halogens is 1. The predicted octanol–water partition coefficient (Wildman–Crippen LogP) is 1.40. The van der Waals surface area contributed by atoms with E-state index in [1.165, 1.54) is 12.1 Å². The molecule has 0 aliphatic carbocycles. The average Bonchev–Trinajstić information content (AvgIpc) is 2.35. The molecule has 100 valence electrons. The largest absolute Gasteiger partial charge is 0.494 e. The van der Waals surface area contributed by atoms with Crippen LogP contribution >= 0.6 is 0 Å². The van der Waals surface area contributed by atoms with Crippen LogP contribution in [0.3, 0.4) is 0 Å². The molecule has 4 nitrogen and oxygen atoms in total. The smallest absolute Gasteiger partial charge is 0.238 e. The Morgan fingerprint density at radius 2 is 2.06 bits per heavy atom. The maximum Gasteiger partial charge on any atom is 0.238 e. The van der Waals surface area contributed by atoms with Crippen molar-refractivity contribution in [3.8, 4) is 5.75 Å². The Morgan fingerprint density at radius 3 is 2.61 bits per heavy atom. The molecule has 0 fully saturated rings. The van der Waals surface area contributed by atoms with Gasteiger partial charge in [-0.2, -0.15) is 0 Å². The van der Waals surface area contributed by atoms with Gasteiger partial charge >= 0.3 is 0 Å². The Labute approximate surface area is 107 Å². The van der Waals surface area contributed by atoms with Gasteiger partial charge in [0, 0.05) is 13.6 Å². The Balaban J connectivity index is 2.22. The first-order chi connectivity index (χ1) is 8.50. The molecular formula is C13H19FN2O2. The molecular weight excluding hydrogens is 235 g/mol. The van der Waals surface area contributed by atoms with Gasteiger partial charge in [0.2, 0.25) is 5.91 Å². The highest BCUT2D eigenvalue weighted by molar-refractivity contribution is 5.80. The number of nitrogens with two attached hydrogens (primary N) is 1. The molecule has 0 heterocycles. The van der Waals surface area contributed by atoms with Gasteiger partial charge in [0.05, 0.1) is 12.6 Å². The number of rotatable bonds is 6. The highest BCUT2D eigenvalue weighted by Crippen LogP contribution is 2.11. The number of amides is 1. The third-order valence-corrected chi connectivity index (χ3v) is 2.49. The molecule has 1 rings (SSSR count). The van der Waals surface area contributed by atoms with Crippen LogP contribution in [-0.4, -0.2) is 37.0 Å². The molecule has 0 saturated heterocycles. The van der Waals surface area contributed by atoms with E-state index in [4.69, 9.17) is 10.5 Å². The molecule has 1 amide bonds. The standard InChI is InChI=1S/C13H19FN2O2/c1-10(15)13(17)16(2)8-3-9-18-12-6-4-11(14)5-7-12/h4-7,10H,3,8-9,15H2,1-2H3. The number of ether oxygens (including phenoxy) is 1. The fourth-order valence-corrected chi connectivity index (χ4v) is 1.48. The molecule has 0 aliphatic rings. The zero-order chi connectivity index (χ0) is 13.5. The van der Waals surface area contributed by atoms with Crippen LogP contribution in [0.25, 0.3) is 0 Å². The summed E-state index contributed by atoms with van der Waals surface area (Å²) in [6, 6.07) is 5.37. The first kappa shape index (κ1) is 14.4. The summed E-state index contributed by atoms with van der Waals surface area (Å²) < 4.78 is 18.0. The second-order valence-electron chi connectivity index (χ2n) is 4.20. The molecule has 18 heavy (non-hydrogen) atoms. The molecule has 0 radical (unpaired) electrons. The first-order valence-corrected chi connectivity index (χ1v) is 5.89. The van der Waals surface area contributed by atoms with Crippen LogP contribution in [0.4, 0.5) is 4.39 Å². The van der Waals surface area contributed by atoms with E-state index in [9.17, 15) is 9.18 Å². The molecule has 0 aliphatic heterocycles. The van der Waals surface area contributed by atoms with Gasteiger partial charge in [0.15, 0.2) is 0 Å². The van der Waals surface area contributed by atoms with Crippen LogP contribution in [0.15, 0.2) is 24.3 Å². The second-order valence-corrected chi connectivity index (χ2v) is 4.20. The van der Waals surface area contributed by atoms with Gasteiger partial charge in [-0.05, 0) is 37.6 Å². The lowest BCUT2D eigenvalue weighted by molar-refractivity contribution is -0.130. The van der Waals surface area contributed by atoms with Crippen molar-refractivity contribution >= 4 is 5.91 Å². The van der Waals surface area contributed by atoms with Crippen LogP contribution in [-0.2, 0) is 4.79 Å². The molecule has 1 aromatic carbocycles. The fourth-order valence-electron chi connectivity index (χ4n) is 1.48. The summed E-state index contributed by atoms with van der Waals surface area (Å²) in [6.45, 7) is 2.72. The lowest BCUT2D eigenvalue weighted by atomic mass is 10.3. The summed E-state index contributed by atoms with van der Waals surface area (Å²) in [4.78, 5) is 13.0. The predicted molar refractivity (Wildman–Crippen MR) is 67.8 cm³/mol. The normalized spacial score (nSPS) is 12.0. The minimum atomic E-state index is -0.479. The SMILES string of the molecule is CC(N)C(=O)N(C)CCCOc1ccc(F)cc1. The molecule has 0 saturated carbocycles. The highest BCUT2D eigenvalue weighted by Gasteiger charge is 2.12. The lowest BCUT2D eigenvalue weighted by Crippen LogP contribution is -2.40. The number of hydrogen-bond donors (Lipinski definition) is 1. The fraction of sp³-hybridized carbons (Fsp3) is 0.462. The van der Waals surface area contributed by atoms with Crippen LogP contribution in [0.1, 0.15) is 13.3 Å². The van der Waals surface area contributed by atoms with E-state index < -0.39 is 6.04 Å². The number of likely N-dealkylation sites (N-methyl/N-ethyl adjacent to an activating group) is 1. The Bertz CT molecular complexity index is 379. The third kappa shape index (κ3) is 4.71. The van der Waals surface area contributed by atoms with Crippen molar-refractivity contribution < 1.29 is 13.9 Å². The van der Waals surface area contributed by atoms with Crippen LogP contribution in [0.5, 0.6) is 5.75 Å². The minimum Gasteiger partial charge on any atom is -0.494 e. The summed E-state index contributed by atoms with van der Waals surface area (Å²) in [6.07, 6.45) is 0.701. The van der Waals surface area contributed by atoms with E-state index in [2.05, 4.69) is 0 Å². The number of hydrogen-bond acceptors (Lipinski definition) is 3. The van der Waals surface area contributed by atoms with Crippen LogP contribution < -0.4 is 10.5 Å².